The van der Waals surface area contributed by atoms with Crippen molar-refractivity contribution in [1.29, 1.82) is 0 Å². The minimum Gasteiger partial charge on any atom is -0.444 e. The molecular formula is C35H39ClFN5O6. The van der Waals surface area contributed by atoms with E-state index in [1.165, 1.54) is 35.2 Å². The highest BCUT2D eigenvalue weighted by Crippen LogP contribution is 2.31. The first-order valence-electron chi connectivity index (χ1n) is 16.0. The number of likely N-dealkylation sites (tertiary alicyclic amines) is 1. The third-order valence-corrected chi connectivity index (χ3v) is 9.09. The van der Waals surface area contributed by atoms with Gasteiger partial charge in [-0.3, -0.25) is 23.6 Å². The molecule has 0 bridgehead atoms. The molecule has 2 aliphatic heterocycles. The van der Waals surface area contributed by atoms with Crippen LogP contribution in [0.2, 0.25) is 5.15 Å². The van der Waals surface area contributed by atoms with Gasteiger partial charge in [0, 0.05) is 24.3 Å². The topological polar surface area (TPSA) is 119 Å². The number of hydrogen-bond donors (Lipinski definition) is 1. The molecule has 0 unspecified atom stereocenters. The third kappa shape index (κ3) is 6.96. The van der Waals surface area contributed by atoms with Crippen molar-refractivity contribution >= 4 is 34.6 Å². The number of fused-ring (bicyclic) bond motifs is 1. The highest BCUT2D eigenvalue weighted by atomic mass is 35.5. The standard InChI is InChI=1S/C35H39ClFN5O6/c1-22-18-41(33(45)48-34(2,3)4)28(19-47-22)23-7-11-26(12-8-23)42-29(36)17-27-30(42)38-21-40(32(27)44)20-35(46)13-15-39(16-14-35)31(43)24-5-9-25(37)10-6-24/h5-12,17,21-22,28,46H,13-16,18-20H2,1-4H3/t22-,28-/m0/s1. The van der Waals surface area contributed by atoms with Crippen molar-refractivity contribution in [2.24, 2.45) is 0 Å². The van der Waals surface area contributed by atoms with Crippen LogP contribution in [-0.4, -0.2) is 84.6 Å². The Morgan fingerprint density at radius 1 is 1.10 bits per heavy atom. The molecule has 2 aromatic heterocycles. The van der Waals surface area contributed by atoms with Crippen LogP contribution in [0, 0.1) is 5.82 Å². The lowest BCUT2D eigenvalue weighted by molar-refractivity contribution is -0.0644. The quantitative estimate of drug-likeness (QED) is 0.302. The van der Waals surface area contributed by atoms with Gasteiger partial charge in [0.2, 0.25) is 0 Å². The number of morpholine rings is 1. The van der Waals surface area contributed by atoms with Gasteiger partial charge in [-0.2, -0.15) is 0 Å². The summed E-state index contributed by atoms with van der Waals surface area (Å²) in [6.45, 7) is 8.71. The van der Waals surface area contributed by atoms with Gasteiger partial charge in [-0.15, -0.1) is 0 Å². The summed E-state index contributed by atoms with van der Waals surface area (Å²) in [5, 5.41) is 12.0. The molecule has 2 amide bonds. The molecule has 6 rings (SSSR count). The van der Waals surface area contributed by atoms with Gasteiger partial charge in [0.25, 0.3) is 11.5 Å². The second-order valence-electron chi connectivity index (χ2n) is 13.6. The summed E-state index contributed by atoms with van der Waals surface area (Å²) >= 11 is 6.66. The molecule has 2 saturated heterocycles. The summed E-state index contributed by atoms with van der Waals surface area (Å²) in [4.78, 5) is 47.4. The molecule has 254 valence electrons. The van der Waals surface area contributed by atoms with Gasteiger partial charge in [0.05, 0.1) is 42.8 Å². The zero-order valence-corrected chi connectivity index (χ0v) is 28.1. The third-order valence-electron chi connectivity index (χ3n) is 8.81. The maximum Gasteiger partial charge on any atom is 0.410 e. The number of hydrogen-bond acceptors (Lipinski definition) is 7. The second kappa shape index (κ2) is 13.0. The average molecular weight is 680 g/mol. The Hall–Kier alpha value is -4.26. The molecule has 0 radical (unpaired) electrons. The van der Waals surface area contributed by atoms with E-state index in [0.717, 1.165) is 5.56 Å². The highest BCUT2D eigenvalue weighted by Gasteiger charge is 2.36. The number of benzene rings is 2. The van der Waals surface area contributed by atoms with Crippen molar-refractivity contribution in [3.05, 3.63) is 93.4 Å². The Kier molecular flexibility index (Phi) is 9.10. The van der Waals surface area contributed by atoms with Crippen LogP contribution in [0.4, 0.5) is 9.18 Å². The number of rotatable bonds is 5. The second-order valence-corrected chi connectivity index (χ2v) is 14.0. The Labute approximate surface area is 282 Å². The molecule has 2 aliphatic rings. The summed E-state index contributed by atoms with van der Waals surface area (Å²) in [5.41, 5.74) is 0.0704. The number of carbonyl (C=O) groups excluding carboxylic acids is 2. The van der Waals surface area contributed by atoms with Gasteiger partial charge in [-0.1, -0.05) is 23.7 Å². The lowest BCUT2D eigenvalue weighted by Gasteiger charge is -2.39. The number of ether oxygens (including phenoxy) is 2. The fourth-order valence-electron chi connectivity index (χ4n) is 6.27. The Balaban J connectivity index is 1.18. The molecule has 2 aromatic carbocycles. The predicted molar refractivity (Wildman–Crippen MR) is 178 cm³/mol. The van der Waals surface area contributed by atoms with E-state index in [4.69, 9.17) is 21.1 Å². The highest BCUT2D eigenvalue weighted by molar-refractivity contribution is 6.31. The van der Waals surface area contributed by atoms with Crippen LogP contribution in [0.5, 0.6) is 0 Å². The zero-order valence-electron chi connectivity index (χ0n) is 27.4. The Morgan fingerprint density at radius 2 is 1.77 bits per heavy atom. The molecule has 13 heteroatoms. The van der Waals surface area contributed by atoms with E-state index in [1.54, 1.807) is 20.4 Å². The van der Waals surface area contributed by atoms with E-state index < -0.39 is 23.1 Å². The normalized spacial score (nSPS) is 19.8. The van der Waals surface area contributed by atoms with E-state index >= 15 is 0 Å². The minimum atomic E-state index is -1.23. The summed E-state index contributed by atoms with van der Waals surface area (Å²) in [6.07, 6.45) is 1.39. The SMILES string of the molecule is C[C@H]1CN(C(=O)OC(C)(C)C)[C@H](c2ccc(-n3c(Cl)cc4c(=O)n(CC5(O)CCN(C(=O)c6ccc(F)cc6)CC5)cnc43)cc2)CO1. The van der Waals surface area contributed by atoms with E-state index in [-0.39, 0.29) is 61.2 Å². The predicted octanol–water partition coefficient (Wildman–Crippen LogP) is 5.34. The number of aromatic nitrogens is 3. The molecule has 0 aliphatic carbocycles. The first-order valence-corrected chi connectivity index (χ1v) is 16.3. The Bertz CT molecular complexity index is 1880. The van der Waals surface area contributed by atoms with Crippen LogP contribution < -0.4 is 5.56 Å². The summed E-state index contributed by atoms with van der Waals surface area (Å²) in [7, 11) is 0. The number of carbonyl (C=O) groups is 2. The number of halogens is 2. The van der Waals surface area contributed by atoms with E-state index in [9.17, 15) is 23.9 Å². The fraction of sp³-hybridized carbons (Fsp3) is 0.429. The number of aliphatic hydroxyl groups is 1. The van der Waals surface area contributed by atoms with Crippen LogP contribution in [0.3, 0.4) is 0 Å². The fourth-order valence-corrected chi connectivity index (χ4v) is 6.55. The van der Waals surface area contributed by atoms with Crippen molar-refractivity contribution in [1.82, 2.24) is 23.9 Å². The van der Waals surface area contributed by atoms with Crippen LogP contribution >= 0.6 is 11.6 Å². The number of piperidine rings is 1. The van der Waals surface area contributed by atoms with Gasteiger partial charge in [-0.25, -0.2) is 14.2 Å². The van der Waals surface area contributed by atoms with Crippen molar-refractivity contribution in [2.45, 2.75) is 70.4 Å². The molecule has 1 N–H and O–H groups in total. The molecule has 11 nitrogen and oxygen atoms in total. The first kappa shape index (κ1) is 33.6. The molecule has 2 fully saturated rings. The van der Waals surface area contributed by atoms with Crippen molar-refractivity contribution in [3.8, 4) is 5.69 Å². The Morgan fingerprint density at radius 3 is 2.42 bits per heavy atom. The summed E-state index contributed by atoms with van der Waals surface area (Å²) in [6, 6.07) is 14.1. The molecular weight excluding hydrogens is 641 g/mol. The minimum absolute atomic E-state index is 0.00106. The monoisotopic (exact) mass is 679 g/mol. The van der Waals surface area contributed by atoms with Crippen molar-refractivity contribution in [3.63, 3.8) is 0 Å². The van der Waals surface area contributed by atoms with Crippen LogP contribution in [0.25, 0.3) is 16.7 Å². The van der Waals surface area contributed by atoms with Gasteiger partial charge >= 0.3 is 6.09 Å². The average Bonchev–Trinajstić information content (AvgIpc) is 3.38. The van der Waals surface area contributed by atoms with Crippen LogP contribution in [0.1, 0.15) is 62.5 Å². The lowest BCUT2D eigenvalue weighted by Crippen LogP contribution is -2.49. The van der Waals surface area contributed by atoms with Crippen LogP contribution in [-0.2, 0) is 16.0 Å². The first-order chi connectivity index (χ1) is 22.7. The molecule has 48 heavy (non-hydrogen) atoms. The molecule has 2 atom stereocenters. The van der Waals surface area contributed by atoms with Crippen LogP contribution in [0.15, 0.2) is 65.7 Å². The summed E-state index contributed by atoms with van der Waals surface area (Å²) < 4.78 is 27.9. The summed E-state index contributed by atoms with van der Waals surface area (Å²) in [5.74, 6) is -0.651. The number of nitrogens with zero attached hydrogens (tertiary/aromatic N) is 5. The van der Waals surface area contributed by atoms with Gasteiger partial charge in [0.1, 0.15) is 22.9 Å². The zero-order chi connectivity index (χ0) is 34.4. The van der Waals surface area contributed by atoms with Gasteiger partial charge in [0.15, 0.2) is 5.65 Å². The maximum atomic E-state index is 13.6. The largest absolute Gasteiger partial charge is 0.444 e. The van der Waals surface area contributed by atoms with Gasteiger partial charge < -0.3 is 19.5 Å². The van der Waals surface area contributed by atoms with E-state index in [2.05, 4.69) is 4.98 Å². The van der Waals surface area contributed by atoms with E-state index in [1.807, 2.05) is 52.0 Å². The molecule has 0 spiro atoms. The smallest absolute Gasteiger partial charge is 0.410 e. The lowest BCUT2D eigenvalue weighted by atomic mass is 9.91. The molecule has 4 aromatic rings. The molecule has 4 heterocycles. The molecule has 0 saturated carbocycles. The van der Waals surface area contributed by atoms with Crippen molar-refractivity contribution < 1.29 is 28.6 Å². The van der Waals surface area contributed by atoms with E-state index in [0.29, 0.717) is 35.4 Å². The maximum absolute atomic E-state index is 13.6. The van der Waals surface area contributed by atoms with Gasteiger partial charge in [-0.05, 0) is 88.6 Å². The van der Waals surface area contributed by atoms with Crippen molar-refractivity contribution in [2.75, 3.05) is 26.2 Å². The number of amides is 2.